The van der Waals surface area contributed by atoms with E-state index in [1.54, 1.807) is 0 Å². The largest absolute Gasteiger partial charge is 0.399 e. The summed E-state index contributed by atoms with van der Waals surface area (Å²) in [5, 5.41) is 4.51. The summed E-state index contributed by atoms with van der Waals surface area (Å²) in [6.45, 7) is 0. The number of nitrogens with two attached hydrogens (primary N) is 1. The van der Waals surface area contributed by atoms with Gasteiger partial charge in [0, 0.05) is 0 Å². The first-order valence-electron chi connectivity index (χ1n) is 1.44. The van der Waals surface area contributed by atoms with Crippen LogP contribution in [0.1, 0.15) is 0 Å². The molecule has 0 aromatic rings. The summed E-state index contributed by atoms with van der Waals surface area (Å²) in [6.07, 6.45) is -4.11. The van der Waals surface area contributed by atoms with Crippen LogP contribution in [0.5, 0.6) is 0 Å². The molecular weight excluding hydrogens is 127 g/mol. The highest BCUT2D eigenvalue weighted by molar-refractivity contribution is 7.97. The maximum Gasteiger partial charge on any atom is 0.399 e. The average molecular weight is 131 g/mol. The van der Waals surface area contributed by atoms with Gasteiger partial charge in [-0.15, -0.1) is 0 Å². The van der Waals surface area contributed by atoms with Gasteiger partial charge in [-0.2, -0.15) is 13.2 Å². The van der Waals surface area contributed by atoms with Crippen molar-refractivity contribution < 1.29 is 13.2 Å². The van der Waals surface area contributed by atoms with Gasteiger partial charge < -0.3 is 0 Å². The number of rotatable bonds is 1. The van der Waals surface area contributed by atoms with Gasteiger partial charge in [0.05, 0.1) is 0 Å². The minimum absolute atomic E-state index is 0.284. The summed E-state index contributed by atoms with van der Waals surface area (Å²) in [4.78, 5) is 0. The topological polar surface area (TPSA) is 26.0 Å². The standard InChI is InChI=1S/C2H4F3NS/c3-2(4,5)1-7-6/h1,6H2. The second-order valence-corrected chi connectivity index (χ2v) is 1.55. The quantitative estimate of drug-likeness (QED) is 0.540. The summed E-state index contributed by atoms with van der Waals surface area (Å²) >= 11 is 0.284. The molecular formula is C2H4F3NS. The molecule has 0 fully saturated rings. The van der Waals surface area contributed by atoms with Gasteiger partial charge in [-0.3, -0.25) is 5.14 Å². The highest BCUT2D eigenvalue weighted by Gasteiger charge is 2.25. The Morgan fingerprint density at radius 3 is 1.86 bits per heavy atom. The lowest BCUT2D eigenvalue weighted by molar-refractivity contribution is -0.105. The number of halogens is 3. The van der Waals surface area contributed by atoms with E-state index in [-0.39, 0.29) is 11.9 Å². The molecule has 0 aliphatic heterocycles. The molecule has 0 aromatic carbocycles. The summed E-state index contributed by atoms with van der Waals surface area (Å²) in [6, 6.07) is 0. The van der Waals surface area contributed by atoms with Crippen LogP contribution in [0.2, 0.25) is 0 Å². The summed E-state index contributed by atoms with van der Waals surface area (Å²) in [5.74, 6) is -0.965. The molecule has 0 aromatic heterocycles. The second-order valence-electron chi connectivity index (χ2n) is 0.926. The zero-order valence-corrected chi connectivity index (χ0v) is 4.14. The summed E-state index contributed by atoms with van der Waals surface area (Å²) in [5.41, 5.74) is 0. The van der Waals surface area contributed by atoms with Crippen LogP contribution >= 0.6 is 11.9 Å². The normalized spacial score (nSPS) is 12.0. The molecule has 0 atom stereocenters. The fraction of sp³-hybridized carbons (Fsp3) is 1.00. The molecule has 0 saturated heterocycles. The van der Waals surface area contributed by atoms with E-state index in [2.05, 4.69) is 5.14 Å². The van der Waals surface area contributed by atoms with Crippen LogP contribution in [0, 0.1) is 0 Å². The Morgan fingerprint density at radius 2 is 1.86 bits per heavy atom. The summed E-state index contributed by atoms with van der Waals surface area (Å²) in [7, 11) is 0. The number of hydrogen-bond acceptors (Lipinski definition) is 2. The SMILES string of the molecule is NSCC(F)(F)F. The molecule has 0 bridgehead atoms. The van der Waals surface area contributed by atoms with Gasteiger partial charge in [0.15, 0.2) is 0 Å². The Morgan fingerprint density at radius 1 is 1.43 bits per heavy atom. The second kappa shape index (κ2) is 2.42. The van der Waals surface area contributed by atoms with Gasteiger partial charge >= 0.3 is 6.18 Å². The first kappa shape index (κ1) is 7.10. The molecule has 0 radical (unpaired) electrons. The fourth-order valence-corrected chi connectivity index (χ4v) is 0.283. The maximum atomic E-state index is 11.0. The van der Waals surface area contributed by atoms with Crippen molar-refractivity contribution >= 4 is 11.9 Å². The van der Waals surface area contributed by atoms with Gasteiger partial charge in [0.25, 0.3) is 0 Å². The van der Waals surface area contributed by atoms with Crippen molar-refractivity contribution in [1.29, 1.82) is 0 Å². The lowest BCUT2D eigenvalue weighted by atomic mass is 10.8. The van der Waals surface area contributed by atoms with Crippen molar-refractivity contribution in [2.45, 2.75) is 6.18 Å². The first-order chi connectivity index (χ1) is 3.06. The van der Waals surface area contributed by atoms with Crippen LogP contribution in [-0.2, 0) is 0 Å². The van der Waals surface area contributed by atoms with Crippen LogP contribution in [0.3, 0.4) is 0 Å². The molecule has 0 amide bonds. The third kappa shape index (κ3) is 6.10. The molecule has 0 aliphatic carbocycles. The van der Waals surface area contributed by atoms with Gasteiger partial charge in [-0.1, -0.05) is 11.9 Å². The average Bonchev–Trinajstić information content (AvgIpc) is 1.30. The smallest absolute Gasteiger partial charge is 0.278 e. The van der Waals surface area contributed by atoms with Crippen LogP contribution in [0.4, 0.5) is 13.2 Å². The molecule has 1 nitrogen and oxygen atoms in total. The Labute approximate surface area is 43.2 Å². The fourth-order valence-electron chi connectivity index (χ4n) is 0.0945. The maximum absolute atomic E-state index is 11.0. The Kier molecular flexibility index (Phi) is 2.45. The summed E-state index contributed by atoms with van der Waals surface area (Å²) < 4.78 is 32.9. The van der Waals surface area contributed by atoms with Gasteiger partial charge in [0.1, 0.15) is 5.75 Å². The third-order valence-corrected chi connectivity index (χ3v) is 0.741. The highest BCUT2D eigenvalue weighted by atomic mass is 32.2. The molecule has 0 heterocycles. The molecule has 0 spiro atoms. The van der Waals surface area contributed by atoms with Crippen molar-refractivity contribution in [3.8, 4) is 0 Å². The van der Waals surface area contributed by atoms with Crippen molar-refractivity contribution in [3.63, 3.8) is 0 Å². The van der Waals surface area contributed by atoms with E-state index in [4.69, 9.17) is 0 Å². The molecule has 0 aliphatic rings. The van der Waals surface area contributed by atoms with Crippen LogP contribution in [0.15, 0.2) is 0 Å². The zero-order valence-electron chi connectivity index (χ0n) is 3.33. The minimum Gasteiger partial charge on any atom is -0.278 e. The third-order valence-electron chi connectivity index (χ3n) is 0.247. The Hall–Kier alpha value is 0.100. The highest BCUT2D eigenvalue weighted by Crippen LogP contribution is 2.17. The van der Waals surface area contributed by atoms with E-state index in [0.717, 1.165) is 0 Å². The molecule has 0 unspecified atom stereocenters. The van der Waals surface area contributed by atoms with Crippen molar-refractivity contribution in [1.82, 2.24) is 0 Å². The molecule has 7 heavy (non-hydrogen) atoms. The molecule has 0 rings (SSSR count). The minimum atomic E-state index is -4.11. The lowest BCUT2D eigenvalue weighted by Crippen LogP contribution is -2.11. The predicted molar refractivity (Wildman–Crippen MR) is 22.7 cm³/mol. The van der Waals surface area contributed by atoms with E-state index < -0.39 is 11.9 Å². The van der Waals surface area contributed by atoms with E-state index in [1.165, 1.54) is 0 Å². The monoisotopic (exact) mass is 131 g/mol. The van der Waals surface area contributed by atoms with E-state index >= 15 is 0 Å². The van der Waals surface area contributed by atoms with Gasteiger partial charge in [-0.05, 0) is 0 Å². The van der Waals surface area contributed by atoms with E-state index in [9.17, 15) is 13.2 Å². The van der Waals surface area contributed by atoms with E-state index in [0.29, 0.717) is 0 Å². The molecule has 44 valence electrons. The predicted octanol–water partition coefficient (Wildman–Crippen LogP) is 1.16. The lowest BCUT2D eigenvalue weighted by Gasteiger charge is -1.99. The van der Waals surface area contributed by atoms with Gasteiger partial charge in [-0.25, -0.2) is 0 Å². The first-order valence-corrected chi connectivity index (χ1v) is 2.49. The Bertz CT molecular complexity index is 51.4. The zero-order chi connectivity index (χ0) is 5.91. The number of alkyl halides is 3. The van der Waals surface area contributed by atoms with Gasteiger partial charge in [0.2, 0.25) is 0 Å². The van der Waals surface area contributed by atoms with Crippen molar-refractivity contribution in [2.24, 2.45) is 5.14 Å². The molecule has 0 saturated carbocycles. The Balaban J connectivity index is 3.15. The van der Waals surface area contributed by atoms with Crippen molar-refractivity contribution in [3.05, 3.63) is 0 Å². The van der Waals surface area contributed by atoms with Crippen LogP contribution < -0.4 is 5.14 Å². The molecule has 2 N–H and O–H groups in total. The number of hydrogen-bond donors (Lipinski definition) is 1. The van der Waals surface area contributed by atoms with Crippen LogP contribution in [0.25, 0.3) is 0 Å². The van der Waals surface area contributed by atoms with Crippen molar-refractivity contribution in [2.75, 3.05) is 5.75 Å². The van der Waals surface area contributed by atoms with E-state index in [1.807, 2.05) is 0 Å². The van der Waals surface area contributed by atoms with Crippen LogP contribution in [-0.4, -0.2) is 11.9 Å². The molecule has 5 heteroatoms.